The van der Waals surface area contributed by atoms with Gasteiger partial charge in [0.05, 0.1) is 28.2 Å². The molecule has 1 fully saturated rings. The zero-order valence-corrected chi connectivity index (χ0v) is 21.4. The summed E-state index contributed by atoms with van der Waals surface area (Å²) in [6, 6.07) is 14.2. The van der Waals surface area contributed by atoms with Crippen molar-refractivity contribution in [1.82, 2.24) is 19.3 Å². The first-order chi connectivity index (χ1) is 18.3. The molecule has 0 atom stereocenters. The number of imidazole rings is 1. The highest BCUT2D eigenvalue weighted by Crippen LogP contribution is 2.33. The molecule has 0 unspecified atom stereocenters. The minimum atomic E-state index is -3.63. The van der Waals surface area contributed by atoms with Crippen LogP contribution in [0.2, 0.25) is 0 Å². The van der Waals surface area contributed by atoms with Crippen LogP contribution in [0.15, 0.2) is 73.3 Å². The highest BCUT2D eigenvalue weighted by atomic mass is 32.2. The van der Waals surface area contributed by atoms with Crippen LogP contribution in [0.5, 0.6) is 0 Å². The fraction of sp³-hybridized carbons (Fsp3) is 0.214. The highest BCUT2D eigenvalue weighted by Gasteiger charge is 2.29. The van der Waals surface area contributed by atoms with Crippen molar-refractivity contribution >= 4 is 26.7 Å². The summed E-state index contributed by atoms with van der Waals surface area (Å²) in [7, 11) is -1.77. The SMILES string of the molecule is Cn1cc(-c2ccc3c(c2)ncn3-c2cc(NS(=O)(=O)C3CCCC3)cc(-c3ccc(F)cc3F)c2)cn1. The predicted octanol–water partition coefficient (Wildman–Crippen LogP) is 6.06. The number of aromatic nitrogens is 4. The Morgan fingerprint density at radius 3 is 2.50 bits per heavy atom. The number of nitrogens with zero attached hydrogens (tertiary/aromatic N) is 4. The Kier molecular flexibility index (Phi) is 5.98. The molecule has 2 aromatic heterocycles. The average molecular weight is 534 g/mol. The molecule has 10 heteroatoms. The number of hydrogen-bond acceptors (Lipinski definition) is 4. The molecule has 0 saturated heterocycles. The minimum Gasteiger partial charge on any atom is -0.299 e. The van der Waals surface area contributed by atoms with Crippen molar-refractivity contribution in [2.45, 2.75) is 30.9 Å². The highest BCUT2D eigenvalue weighted by molar-refractivity contribution is 7.93. The molecule has 38 heavy (non-hydrogen) atoms. The number of sulfonamides is 1. The van der Waals surface area contributed by atoms with Gasteiger partial charge in [-0.3, -0.25) is 14.0 Å². The van der Waals surface area contributed by atoms with Gasteiger partial charge < -0.3 is 0 Å². The van der Waals surface area contributed by atoms with Gasteiger partial charge in [0.2, 0.25) is 10.0 Å². The lowest BCUT2D eigenvalue weighted by Gasteiger charge is -2.16. The molecule has 2 heterocycles. The summed E-state index contributed by atoms with van der Waals surface area (Å²) in [5.74, 6) is -1.42. The number of nitrogens with one attached hydrogen (secondary N) is 1. The van der Waals surface area contributed by atoms with Crippen LogP contribution in [-0.4, -0.2) is 33.0 Å². The topological polar surface area (TPSA) is 81.8 Å². The lowest BCUT2D eigenvalue weighted by atomic mass is 10.0. The van der Waals surface area contributed by atoms with Crippen molar-refractivity contribution in [1.29, 1.82) is 0 Å². The van der Waals surface area contributed by atoms with Crippen LogP contribution in [0.4, 0.5) is 14.5 Å². The maximum atomic E-state index is 14.8. The smallest absolute Gasteiger partial charge is 0.235 e. The molecule has 7 nitrogen and oxygen atoms in total. The fourth-order valence-electron chi connectivity index (χ4n) is 5.10. The number of halogens is 2. The van der Waals surface area contributed by atoms with E-state index in [1.165, 1.54) is 12.1 Å². The first-order valence-corrected chi connectivity index (χ1v) is 13.9. The van der Waals surface area contributed by atoms with Gasteiger partial charge in [0.25, 0.3) is 0 Å². The molecule has 0 bridgehead atoms. The molecular formula is C28H25F2N5O2S. The summed E-state index contributed by atoms with van der Waals surface area (Å²) in [5.41, 5.74) is 4.92. The largest absolute Gasteiger partial charge is 0.299 e. The van der Waals surface area contributed by atoms with E-state index in [1.54, 1.807) is 35.4 Å². The van der Waals surface area contributed by atoms with E-state index in [0.717, 1.165) is 41.1 Å². The van der Waals surface area contributed by atoms with Crippen LogP contribution < -0.4 is 4.72 Å². The summed E-state index contributed by atoms with van der Waals surface area (Å²) >= 11 is 0. The van der Waals surface area contributed by atoms with Gasteiger partial charge >= 0.3 is 0 Å². The van der Waals surface area contributed by atoms with Gasteiger partial charge in [-0.2, -0.15) is 5.10 Å². The lowest BCUT2D eigenvalue weighted by Crippen LogP contribution is -2.25. The van der Waals surface area contributed by atoms with Gasteiger partial charge in [-0.25, -0.2) is 22.2 Å². The Bertz CT molecular complexity index is 1770. The van der Waals surface area contributed by atoms with Gasteiger partial charge in [0, 0.05) is 36.1 Å². The second-order valence-electron chi connectivity index (χ2n) is 9.67. The molecule has 6 rings (SSSR count). The third kappa shape index (κ3) is 4.56. The van der Waals surface area contributed by atoms with Crippen LogP contribution >= 0.6 is 0 Å². The standard InChI is InChI=1S/C28H25F2N5O2S/c1-34-16-20(15-32-34)18-6-9-28-27(12-18)31-17-35(28)23-11-19(25-8-7-21(29)13-26(25)30)10-22(14-23)33-38(36,37)24-4-2-3-5-24/h6-17,24,33H,2-5H2,1H3. The minimum absolute atomic E-state index is 0.165. The molecule has 0 radical (unpaired) electrons. The van der Waals surface area contributed by atoms with Crippen LogP contribution in [0.1, 0.15) is 25.7 Å². The lowest BCUT2D eigenvalue weighted by molar-refractivity contribution is 0.584. The second-order valence-corrected chi connectivity index (χ2v) is 11.6. The van der Waals surface area contributed by atoms with E-state index < -0.39 is 26.9 Å². The Morgan fingerprint density at radius 1 is 0.947 bits per heavy atom. The third-order valence-electron chi connectivity index (χ3n) is 7.02. The van der Waals surface area contributed by atoms with E-state index >= 15 is 0 Å². The zero-order chi connectivity index (χ0) is 26.4. The number of hydrogen-bond donors (Lipinski definition) is 1. The number of aryl methyl sites for hydroxylation is 1. The van der Waals surface area contributed by atoms with E-state index in [-0.39, 0.29) is 5.56 Å². The molecule has 1 saturated carbocycles. The molecule has 0 spiro atoms. The molecule has 1 N–H and O–H groups in total. The van der Waals surface area contributed by atoms with Crippen molar-refractivity contribution in [3.63, 3.8) is 0 Å². The Morgan fingerprint density at radius 2 is 1.76 bits per heavy atom. The molecule has 5 aromatic rings. The van der Waals surface area contributed by atoms with Crippen LogP contribution in [0.25, 0.3) is 39.0 Å². The van der Waals surface area contributed by atoms with E-state index in [4.69, 9.17) is 0 Å². The molecule has 194 valence electrons. The fourth-order valence-corrected chi connectivity index (χ4v) is 6.67. The van der Waals surface area contributed by atoms with Crippen molar-refractivity contribution in [2.75, 3.05) is 4.72 Å². The Balaban J connectivity index is 1.46. The van der Waals surface area contributed by atoms with E-state index in [0.29, 0.717) is 29.8 Å². The van der Waals surface area contributed by atoms with Crippen molar-refractivity contribution < 1.29 is 17.2 Å². The summed E-state index contributed by atoms with van der Waals surface area (Å²) < 4.78 is 60.8. The molecule has 1 aliphatic rings. The number of fused-ring (bicyclic) bond motifs is 1. The molecule has 3 aromatic carbocycles. The third-order valence-corrected chi connectivity index (χ3v) is 8.89. The van der Waals surface area contributed by atoms with Gasteiger partial charge in [0.15, 0.2) is 0 Å². The monoisotopic (exact) mass is 533 g/mol. The van der Waals surface area contributed by atoms with Crippen LogP contribution in [0.3, 0.4) is 0 Å². The van der Waals surface area contributed by atoms with E-state index in [2.05, 4.69) is 14.8 Å². The summed E-state index contributed by atoms with van der Waals surface area (Å²) in [4.78, 5) is 4.56. The maximum Gasteiger partial charge on any atom is 0.235 e. The average Bonchev–Trinajstić information content (AvgIpc) is 3.64. The van der Waals surface area contributed by atoms with Gasteiger partial charge in [-0.1, -0.05) is 18.9 Å². The summed E-state index contributed by atoms with van der Waals surface area (Å²) in [6.07, 6.45) is 8.31. The Hall–Kier alpha value is -4.05. The zero-order valence-electron chi connectivity index (χ0n) is 20.6. The van der Waals surface area contributed by atoms with Crippen LogP contribution in [0, 0.1) is 11.6 Å². The molecule has 0 aliphatic heterocycles. The van der Waals surface area contributed by atoms with E-state index in [1.807, 2.05) is 36.0 Å². The second kappa shape index (κ2) is 9.36. The van der Waals surface area contributed by atoms with Gasteiger partial charge in [-0.05, 0) is 66.4 Å². The predicted molar refractivity (Wildman–Crippen MR) is 143 cm³/mol. The number of rotatable bonds is 6. The van der Waals surface area contributed by atoms with Crippen molar-refractivity contribution in [2.24, 2.45) is 7.05 Å². The van der Waals surface area contributed by atoms with E-state index in [9.17, 15) is 17.2 Å². The normalized spacial score (nSPS) is 14.4. The quantitative estimate of drug-likeness (QED) is 0.288. The van der Waals surface area contributed by atoms with Gasteiger partial charge in [-0.15, -0.1) is 0 Å². The first kappa shape index (κ1) is 24.3. The number of benzene rings is 3. The first-order valence-electron chi connectivity index (χ1n) is 12.4. The van der Waals surface area contributed by atoms with Crippen molar-refractivity contribution in [3.8, 4) is 27.9 Å². The summed E-state index contributed by atoms with van der Waals surface area (Å²) in [5, 5.41) is 3.76. The molecule has 1 aliphatic carbocycles. The number of anilines is 1. The van der Waals surface area contributed by atoms with Crippen molar-refractivity contribution in [3.05, 3.63) is 85.0 Å². The molecule has 0 amide bonds. The Labute approximate surface area is 218 Å². The van der Waals surface area contributed by atoms with Crippen LogP contribution in [-0.2, 0) is 17.1 Å². The molecular weight excluding hydrogens is 508 g/mol. The summed E-state index contributed by atoms with van der Waals surface area (Å²) in [6.45, 7) is 0. The van der Waals surface area contributed by atoms with Gasteiger partial charge in [0.1, 0.15) is 18.0 Å². The maximum absolute atomic E-state index is 14.8.